The Balaban J connectivity index is 1.74. The summed E-state index contributed by atoms with van der Waals surface area (Å²) in [6.07, 6.45) is 4.63. The largest absolute Gasteiger partial charge is 0.352 e. The topological polar surface area (TPSA) is 87.2 Å². The van der Waals surface area contributed by atoms with E-state index in [9.17, 15) is 9.59 Å². The van der Waals surface area contributed by atoms with Gasteiger partial charge in [-0.05, 0) is 37.1 Å². The molecule has 0 aromatic carbocycles. The minimum Gasteiger partial charge on any atom is -0.352 e. The lowest BCUT2D eigenvalue weighted by molar-refractivity contribution is -0.119. The van der Waals surface area contributed by atoms with Crippen LogP contribution >= 0.6 is 11.6 Å². The maximum Gasteiger partial charge on any atom is 0.322 e. The Kier molecular flexibility index (Phi) is 5.68. The van der Waals surface area contributed by atoms with E-state index in [4.69, 9.17) is 11.6 Å². The number of anilines is 1. The molecule has 136 valence electrons. The minimum absolute atomic E-state index is 0.0227. The van der Waals surface area contributed by atoms with Crippen molar-refractivity contribution in [3.63, 3.8) is 0 Å². The smallest absolute Gasteiger partial charge is 0.322 e. The molecule has 0 radical (unpaired) electrons. The zero-order valence-corrected chi connectivity index (χ0v) is 15.2. The molecule has 3 heterocycles. The van der Waals surface area contributed by atoms with Crippen LogP contribution in [-0.4, -0.2) is 39.4 Å². The number of hydrogen-bond donors (Lipinski definition) is 2. The lowest BCUT2D eigenvalue weighted by atomic mass is 10.2. The highest BCUT2D eigenvalue weighted by molar-refractivity contribution is 6.29. The van der Waals surface area contributed by atoms with Crippen molar-refractivity contribution in [1.29, 1.82) is 0 Å². The SMILES string of the molecule is Cc1nc(Cl)ccc1NC(=O)N(Cc1cccnc1)C[C@@H]1CCC(=O)N1. The van der Waals surface area contributed by atoms with Crippen molar-refractivity contribution in [2.75, 3.05) is 11.9 Å². The van der Waals surface area contributed by atoms with Gasteiger partial charge >= 0.3 is 6.03 Å². The van der Waals surface area contributed by atoms with Gasteiger partial charge in [0.25, 0.3) is 0 Å². The minimum atomic E-state index is -0.262. The van der Waals surface area contributed by atoms with Crippen LogP contribution in [0.1, 0.15) is 24.1 Å². The summed E-state index contributed by atoms with van der Waals surface area (Å²) in [7, 11) is 0. The molecule has 1 aliphatic heterocycles. The standard InChI is InChI=1S/C18H20ClN5O2/c1-12-15(5-6-16(19)21-12)23-18(26)24(10-13-3-2-8-20-9-13)11-14-4-7-17(25)22-14/h2-3,5-6,8-9,14H,4,7,10-11H2,1H3,(H,22,25)(H,23,26)/t14-/m0/s1. The molecule has 0 bridgehead atoms. The first-order valence-corrected chi connectivity index (χ1v) is 8.76. The highest BCUT2D eigenvalue weighted by atomic mass is 35.5. The van der Waals surface area contributed by atoms with Crippen LogP contribution in [0.5, 0.6) is 0 Å². The van der Waals surface area contributed by atoms with Crippen LogP contribution in [0.4, 0.5) is 10.5 Å². The highest BCUT2D eigenvalue weighted by Crippen LogP contribution is 2.18. The third-order valence-electron chi connectivity index (χ3n) is 4.20. The predicted octanol–water partition coefficient (Wildman–Crippen LogP) is 2.75. The van der Waals surface area contributed by atoms with Crippen molar-refractivity contribution in [1.82, 2.24) is 20.2 Å². The predicted molar refractivity (Wildman–Crippen MR) is 98.8 cm³/mol. The Bertz CT molecular complexity index is 799. The Labute approximate surface area is 156 Å². The van der Waals surface area contributed by atoms with Crippen LogP contribution in [0.25, 0.3) is 0 Å². The summed E-state index contributed by atoms with van der Waals surface area (Å²) < 4.78 is 0. The van der Waals surface area contributed by atoms with Crippen LogP contribution < -0.4 is 10.6 Å². The summed E-state index contributed by atoms with van der Waals surface area (Å²) in [5, 5.41) is 6.15. The molecular formula is C18H20ClN5O2. The van der Waals surface area contributed by atoms with Gasteiger partial charge in [-0.1, -0.05) is 17.7 Å². The van der Waals surface area contributed by atoms with E-state index >= 15 is 0 Å². The molecule has 7 nitrogen and oxygen atoms in total. The first-order chi connectivity index (χ1) is 12.5. The Hall–Kier alpha value is -2.67. The summed E-state index contributed by atoms with van der Waals surface area (Å²) >= 11 is 5.87. The molecule has 3 rings (SSSR count). The Morgan fingerprint density at radius 3 is 2.92 bits per heavy atom. The van der Waals surface area contributed by atoms with E-state index in [1.807, 2.05) is 12.1 Å². The average molecular weight is 374 g/mol. The van der Waals surface area contributed by atoms with Crippen molar-refractivity contribution in [2.24, 2.45) is 0 Å². The van der Waals surface area contributed by atoms with Crippen LogP contribution in [-0.2, 0) is 11.3 Å². The molecule has 1 atom stereocenters. The van der Waals surface area contributed by atoms with Gasteiger partial charge in [-0.2, -0.15) is 0 Å². The summed E-state index contributed by atoms with van der Waals surface area (Å²) in [5.41, 5.74) is 2.16. The zero-order valence-electron chi connectivity index (χ0n) is 14.4. The molecule has 1 saturated heterocycles. The average Bonchev–Trinajstić information content (AvgIpc) is 3.02. The highest BCUT2D eigenvalue weighted by Gasteiger charge is 2.25. The van der Waals surface area contributed by atoms with Gasteiger partial charge in [0.05, 0.1) is 11.4 Å². The number of nitrogens with zero attached hydrogens (tertiary/aromatic N) is 3. The molecule has 3 amide bonds. The van der Waals surface area contributed by atoms with E-state index in [-0.39, 0.29) is 18.0 Å². The van der Waals surface area contributed by atoms with Gasteiger partial charge in [0.15, 0.2) is 0 Å². The van der Waals surface area contributed by atoms with Gasteiger partial charge in [0.2, 0.25) is 5.91 Å². The number of carbonyl (C=O) groups excluding carboxylic acids is 2. The molecule has 0 aliphatic carbocycles. The summed E-state index contributed by atoms with van der Waals surface area (Å²) in [6.45, 7) is 2.60. The van der Waals surface area contributed by atoms with Crippen LogP contribution in [0.3, 0.4) is 0 Å². The Morgan fingerprint density at radius 1 is 1.42 bits per heavy atom. The van der Waals surface area contributed by atoms with E-state index in [0.717, 1.165) is 12.0 Å². The van der Waals surface area contributed by atoms with E-state index in [0.29, 0.717) is 36.0 Å². The number of aryl methyl sites for hydroxylation is 1. The molecule has 2 aromatic heterocycles. The van der Waals surface area contributed by atoms with Crippen molar-refractivity contribution in [2.45, 2.75) is 32.4 Å². The molecule has 2 aromatic rings. The number of hydrogen-bond acceptors (Lipinski definition) is 4. The van der Waals surface area contributed by atoms with Gasteiger partial charge in [-0.3, -0.25) is 9.78 Å². The van der Waals surface area contributed by atoms with Gasteiger partial charge in [-0.25, -0.2) is 9.78 Å². The third kappa shape index (κ3) is 4.70. The summed E-state index contributed by atoms with van der Waals surface area (Å²) in [4.78, 5) is 34.2. The van der Waals surface area contributed by atoms with Crippen LogP contribution in [0, 0.1) is 6.92 Å². The van der Waals surface area contributed by atoms with Gasteiger partial charge in [0, 0.05) is 37.9 Å². The van der Waals surface area contributed by atoms with E-state index in [1.54, 1.807) is 36.4 Å². The van der Waals surface area contributed by atoms with Crippen LogP contribution in [0.2, 0.25) is 5.15 Å². The molecule has 26 heavy (non-hydrogen) atoms. The fraction of sp³-hybridized carbons (Fsp3) is 0.333. The molecule has 1 fully saturated rings. The quantitative estimate of drug-likeness (QED) is 0.789. The molecule has 0 saturated carbocycles. The summed E-state index contributed by atoms with van der Waals surface area (Å²) in [6, 6.07) is 6.79. The Morgan fingerprint density at radius 2 is 2.27 bits per heavy atom. The number of pyridine rings is 2. The number of amides is 3. The summed E-state index contributed by atoms with van der Waals surface area (Å²) in [5.74, 6) is 0.0227. The van der Waals surface area contributed by atoms with E-state index < -0.39 is 0 Å². The number of halogens is 1. The molecular weight excluding hydrogens is 354 g/mol. The molecule has 8 heteroatoms. The van der Waals surface area contributed by atoms with Crippen molar-refractivity contribution in [3.05, 3.63) is 53.1 Å². The number of rotatable bonds is 5. The molecule has 0 unspecified atom stereocenters. The first-order valence-electron chi connectivity index (χ1n) is 8.38. The molecule has 1 aliphatic rings. The van der Waals surface area contributed by atoms with Crippen molar-refractivity contribution >= 4 is 29.2 Å². The van der Waals surface area contributed by atoms with Crippen LogP contribution in [0.15, 0.2) is 36.7 Å². The number of nitrogens with one attached hydrogen (secondary N) is 2. The second-order valence-corrected chi connectivity index (χ2v) is 6.63. The zero-order chi connectivity index (χ0) is 18.5. The lowest BCUT2D eigenvalue weighted by Gasteiger charge is -2.26. The normalized spacial score (nSPS) is 16.2. The fourth-order valence-electron chi connectivity index (χ4n) is 2.87. The monoisotopic (exact) mass is 373 g/mol. The maximum atomic E-state index is 12.8. The lowest BCUT2D eigenvalue weighted by Crippen LogP contribution is -2.43. The second-order valence-electron chi connectivity index (χ2n) is 6.24. The first kappa shape index (κ1) is 18.1. The molecule has 0 spiro atoms. The molecule has 2 N–H and O–H groups in total. The second kappa shape index (κ2) is 8.14. The van der Waals surface area contributed by atoms with E-state index in [2.05, 4.69) is 20.6 Å². The van der Waals surface area contributed by atoms with Crippen molar-refractivity contribution in [3.8, 4) is 0 Å². The number of urea groups is 1. The van der Waals surface area contributed by atoms with Gasteiger partial charge in [0.1, 0.15) is 5.15 Å². The van der Waals surface area contributed by atoms with E-state index in [1.165, 1.54) is 0 Å². The maximum absolute atomic E-state index is 12.8. The van der Waals surface area contributed by atoms with Crippen molar-refractivity contribution < 1.29 is 9.59 Å². The van der Waals surface area contributed by atoms with Gasteiger partial charge < -0.3 is 15.5 Å². The fourth-order valence-corrected chi connectivity index (χ4v) is 3.06. The third-order valence-corrected chi connectivity index (χ3v) is 4.41. The number of carbonyl (C=O) groups is 2. The van der Waals surface area contributed by atoms with Gasteiger partial charge in [-0.15, -0.1) is 0 Å². The number of aromatic nitrogens is 2.